The molecule has 1 aliphatic rings. The summed E-state index contributed by atoms with van der Waals surface area (Å²) in [5.41, 5.74) is 0. The van der Waals surface area contributed by atoms with Gasteiger partial charge in [-0.2, -0.15) is 8.78 Å². The second kappa shape index (κ2) is 4.16. The first-order valence-corrected chi connectivity index (χ1v) is 4.46. The summed E-state index contributed by atoms with van der Waals surface area (Å²) in [7, 11) is 0. The summed E-state index contributed by atoms with van der Waals surface area (Å²) in [5, 5.41) is 1.00. The molecule has 1 radical (unpaired) electrons. The lowest BCUT2D eigenvalue weighted by Gasteiger charge is -2.19. The van der Waals surface area contributed by atoms with Crippen LogP contribution in [-0.2, 0) is 0 Å². The van der Waals surface area contributed by atoms with E-state index in [4.69, 9.17) is 0 Å². The molecule has 0 spiro atoms. The Bertz CT molecular complexity index is 89.6. The molecular weight excluding hydrogens is 154 g/mol. The minimum absolute atomic E-state index is 0.759. The van der Waals surface area contributed by atoms with Crippen molar-refractivity contribution in [1.29, 1.82) is 0 Å². The Morgan fingerprint density at radius 2 is 1.70 bits per heavy atom. The molecule has 0 N–H and O–H groups in total. The van der Waals surface area contributed by atoms with Crippen LogP contribution in [0, 0.1) is 5.25 Å². The van der Waals surface area contributed by atoms with Gasteiger partial charge >= 0.3 is 0 Å². The molecule has 0 aliphatic heterocycles. The molecule has 0 amide bonds. The predicted molar refractivity (Wildman–Crippen MR) is 39.9 cm³/mol. The van der Waals surface area contributed by atoms with Crippen LogP contribution in [0.2, 0.25) is 0 Å². The van der Waals surface area contributed by atoms with Crippen molar-refractivity contribution in [3.8, 4) is 0 Å². The highest BCUT2D eigenvalue weighted by molar-refractivity contribution is 8.02. The van der Waals surface area contributed by atoms with Gasteiger partial charge in [0.1, 0.15) is 0 Å². The van der Waals surface area contributed by atoms with E-state index in [1.54, 1.807) is 0 Å². The predicted octanol–water partition coefficient (Wildman–Crippen LogP) is 3.44. The van der Waals surface area contributed by atoms with Crippen molar-refractivity contribution in [2.24, 2.45) is 0 Å². The van der Waals surface area contributed by atoms with Crippen molar-refractivity contribution in [2.45, 2.75) is 37.9 Å². The van der Waals surface area contributed by atoms with E-state index in [1.807, 2.05) is 0 Å². The second-order valence-electron chi connectivity index (χ2n) is 2.48. The topological polar surface area (TPSA) is 0 Å². The molecule has 0 bridgehead atoms. The van der Waals surface area contributed by atoms with E-state index in [1.165, 1.54) is 6.42 Å². The van der Waals surface area contributed by atoms with Crippen molar-refractivity contribution in [2.75, 3.05) is 0 Å². The van der Waals surface area contributed by atoms with Gasteiger partial charge in [-0.3, -0.25) is 0 Å². The molecule has 59 valence electrons. The molecular formula is C7H11F2S. The maximum atomic E-state index is 11.8. The van der Waals surface area contributed by atoms with Gasteiger partial charge in [0.15, 0.2) is 0 Å². The molecule has 3 heteroatoms. The zero-order valence-electron chi connectivity index (χ0n) is 5.78. The summed E-state index contributed by atoms with van der Waals surface area (Å²) < 4.78 is 23.5. The van der Waals surface area contributed by atoms with Crippen LogP contribution >= 0.6 is 11.8 Å². The van der Waals surface area contributed by atoms with E-state index < -0.39 is 5.76 Å². The summed E-state index contributed by atoms with van der Waals surface area (Å²) in [5.74, 6) is -2.20. The first-order chi connectivity index (χ1) is 4.79. The Hall–Kier alpha value is 0.210. The highest BCUT2D eigenvalue weighted by atomic mass is 32.2. The van der Waals surface area contributed by atoms with E-state index in [-0.39, 0.29) is 0 Å². The number of alkyl halides is 2. The monoisotopic (exact) mass is 165 g/mol. The van der Waals surface area contributed by atoms with Crippen molar-refractivity contribution >= 4 is 11.8 Å². The summed E-state index contributed by atoms with van der Waals surface area (Å²) in [4.78, 5) is 0. The van der Waals surface area contributed by atoms with Crippen LogP contribution in [0.1, 0.15) is 32.1 Å². The average Bonchev–Trinajstić information content (AvgIpc) is 1.88. The van der Waals surface area contributed by atoms with Gasteiger partial charge in [0.05, 0.1) is 0 Å². The second-order valence-corrected chi connectivity index (χ2v) is 3.65. The molecule has 0 aromatic rings. The maximum absolute atomic E-state index is 11.8. The number of halogens is 2. The smallest absolute Gasteiger partial charge is 0.198 e. The molecule has 0 unspecified atom stereocenters. The fourth-order valence-corrected chi connectivity index (χ4v) is 1.97. The number of hydrogen-bond donors (Lipinski definition) is 0. The van der Waals surface area contributed by atoms with Crippen LogP contribution in [0.3, 0.4) is 0 Å². The van der Waals surface area contributed by atoms with E-state index in [9.17, 15) is 8.78 Å². The van der Waals surface area contributed by atoms with Crippen molar-refractivity contribution in [3.63, 3.8) is 0 Å². The van der Waals surface area contributed by atoms with Gasteiger partial charge in [-0.25, -0.2) is 0 Å². The molecule has 1 rings (SSSR count). The van der Waals surface area contributed by atoms with Crippen LogP contribution in [0.4, 0.5) is 8.78 Å². The third kappa shape index (κ3) is 2.86. The Morgan fingerprint density at radius 3 is 2.20 bits per heavy atom. The maximum Gasteiger partial charge on any atom is 0.285 e. The molecule has 1 saturated carbocycles. The standard InChI is InChI=1S/C7H11F2S/c8-7(9)10-6-4-2-1-3-5-6/h7H,1-5H2. The Balaban J connectivity index is 2.13. The van der Waals surface area contributed by atoms with Crippen LogP contribution in [0.25, 0.3) is 0 Å². The first kappa shape index (κ1) is 8.31. The number of rotatable bonds is 2. The summed E-state index contributed by atoms with van der Waals surface area (Å²) >= 11 is 0.759. The Labute approximate surface area is 64.4 Å². The zero-order chi connectivity index (χ0) is 7.40. The molecule has 0 saturated heterocycles. The third-order valence-electron chi connectivity index (χ3n) is 1.67. The van der Waals surface area contributed by atoms with E-state index in [2.05, 4.69) is 0 Å². The normalized spacial score (nSPS) is 21.9. The van der Waals surface area contributed by atoms with Gasteiger partial charge < -0.3 is 0 Å². The molecule has 1 aliphatic carbocycles. The van der Waals surface area contributed by atoms with Crippen molar-refractivity contribution in [1.82, 2.24) is 0 Å². The quantitative estimate of drug-likeness (QED) is 0.604. The number of hydrogen-bond acceptors (Lipinski definition) is 1. The molecule has 0 aromatic carbocycles. The summed E-state index contributed by atoms with van der Waals surface area (Å²) in [6.07, 6.45) is 5.25. The van der Waals surface area contributed by atoms with Gasteiger partial charge in [-0.1, -0.05) is 31.0 Å². The van der Waals surface area contributed by atoms with Crippen LogP contribution in [0.5, 0.6) is 0 Å². The molecule has 0 aromatic heterocycles. The van der Waals surface area contributed by atoms with Gasteiger partial charge in [0, 0.05) is 5.25 Å². The fraction of sp³-hybridized carbons (Fsp3) is 0.857. The van der Waals surface area contributed by atoms with E-state index in [0.29, 0.717) is 0 Å². The van der Waals surface area contributed by atoms with Gasteiger partial charge in [0.2, 0.25) is 0 Å². The largest absolute Gasteiger partial charge is 0.285 e. The molecule has 0 atom stereocenters. The lowest BCUT2D eigenvalue weighted by Crippen LogP contribution is -2.01. The SMILES string of the molecule is FC(F)S[C]1CCCCC1. The number of thioether (sulfide) groups is 1. The van der Waals surface area contributed by atoms with Gasteiger partial charge in [0.25, 0.3) is 5.76 Å². The molecule has 10 heavy (non-hydrogen) atoms. The molecule has 0 heterocycles. The van der Waals surface area contributed by atoms with Crippen LogP contribution in [-0.4, -0.2) is 5.76 Å². The average molecular weight is 165 g/mol. The highest BCUT2D eigenvalue weighted by Crippen LogP contribution is 2.38. The lowest BCUT2D eigenvalue weighted by molar-refractivity contribution is 0.251. The lowest BCUT2D eigenvalue weighted by atomic mass is 10.0. The minimum Gasteiger partial charge on any atom is -0.198 e. The Kier molecular flexibility index (Phi) is 3.46. The van der Waals surface area contributed by atoms with Gasteiger partial charge in [-0.15, -0.1) is 0 Å². The summed E-state index contributed by atoms with van der Waals surface area (Å²) in [6, 6.07) is 0. The molecule has 0 nitrogen and oxygen atoms in total. The van der Waals surface area contributed by atoms with E-state index >= 15 is 0 Å². The van der Waals surface area contributed by atoms with Crippen molar-refractivity contribution in [3.05, 3.63) is 5.25 Å². The van der Waals surface area contributed by atoms with Crippen LogP contribution < -0.4 is 0 Å². The highest BCUT2D eigenvalue weighted by Gasteiger charge is 2.18. The summed E-state index contributed by atoms with van der Waals surface area (Å²) in [6.45, 7) is 0. The fourth-order valence-electron chi connectivity index (χ4n) is 1.19. The zero-order valence-corrected chi connectivity index (χ0v) is 6.59. The first-order valence-electron chi connectivity index (χ1n) is 3.58. The minimum atomic E-state index is -2.20. The Morgan fingerprint density at radius 1 is 1.10 bits per heavy atom. The van der Waals surface area contributed by atoms with E-state index in [0.717, 1.165) is 42.7 Å². The third-order valence-corrected chi connectivity index (χ3v) is 2.59. The van der Waals surface area contributed by atoms with Crippen LogP contribution in [0.15, 0.2) is 0 Å². The molecule has 1 fully saturated rings. The van der Waals surface area contributed by atoms with Gasteiger partial charge in [-0.05, 0) is 12.8 Å². The van der Waals surface area contributed by atoms with Crippen molar-refractivity contribution < 1.29 is 8.78 Å².